The first-order valence-electron chi connectivity index (χ1n) is 4.82. The van der Waals surface area contributed by atoms with E-state index in [9.17, 15) is 9.59 Å². The highest BCUT2D eigenvalue weighted by atomic mass is 16.5. The van der Waals surface area contributed by atoms with Crippen LogP contribution >= 0.6 is 0 Å². The second-order valence-corrected chi connectivity index (χ2v) is 3.39. The Balaban J connectivity index is 2.92. The zero-order valence-corrected chi connectivity index (χ0v) is 8.65. The SMILES string of the molecule is C=CCC1(CC=C)OCCN1C(=O)C=O. The summed E-state index contributed by atoms with van der Waals surface area (Å²) < 4.78 is 5.56. The molecule has 0 bridgehead atoms. The Hall–Kier alpha value is -1.42. The molecule has 1 aliphatic rings. The molecule has 0 saturated carbocycles. The molecular weight excluding hydrogens is 194 g/mol. The normalized spacial score (nSPS) is 18.5. The molecule has 1 saturated heterocycles. The lowest BCUT2D eigenvalue weighted by Gasteiger charge is -2.34. The van der Waals surface area contributed by atoms with E-state index in [0.29, 0.717) is 32.3 Å². The topological polar surface area (TPSA) is 46.6 Å². The number of hydrogen-bond donors (Lipinski definition) is 0. The fourth-order valence-corrected chi connectivity index (χ4v) is 1.86. The monoisotopic (exact) mass is 209 g/mol. The predicted molar refractivity (Wildman–Crippen MR) is 56.1 cm³/mol. The number of nitrogens with zero attached hydrogens (tertiary/aromatic N) is 1. The van der Waals surface area contributed by atoms with Gasteiger partial charge in [0, 0.05) is 19.4 Å². The number of carbonyl (C=O) groups excluding carboxylic acids is 2. The van der Waals surface area contributed by atoms with E-state index in [-0.39, 0.29) is 0 Å². The van der Waals surface area contributed by atoms with Gasteiger partial charge in [-0.05, 0) is 0 Å². The molecule has 0 aliphatic carbocycles. The molecule has 15 heavy (non-hydrogen) atoms. The van der Waals surface area contributed by atoms with Gasteiger partial charge in [-0.2, -0.15) is 0 Å². The molecule has 1 rings (SSSR count). The number of carbonyl (C=O) groups is 2. The fraction of sp³-hybridized carbons (Fsp3) is 0.455. The number of hydrogen-bond acceptors (Lipinski definition) is 3. The van der Waals surface area contributed by atoms with Crippen LogP contribution < -0.4 is 0 Å². The van der Waals surface area contributed by atoms with Gasteiger partial charge in [0.2, 0.25) is 6.29 Å². The maximum absolute atomic E-state index is 11.4. The van der Waals surface area contributed by atoms with E-state index in [0.717, 1.165) is 0 Å². The van der Waals surface area contributed by atoms with E-state index in [1.165, 1.54) is 4.90 Å². The van der Waals surface area contributed by atoms with Crippen molar-refractivity contribution in [3.8, 4) is 0 Å². The summed E-state index contributed by atoms with van der Waals surface area (Å²) in [5.41, 5.74) is -0.749. The fourth-order valence-electron chi connectivity index (χ4n) is 1.86. The largest absolute Gasteiger partial charge is 0.353 e. The Kier molecular flexibility index (Phi) is 3.80. The van der Waals surface area contributed by atoms with Crippen molar-refractivity contribution in [2.45, 2.75) is 18.6 Å². The highest BCUT2D eigenvalue weighted by Gasteiger charge is 2.42. The molecule has 0 aromatic carbocycles. The molecule has 1 heterocycles. The molecule has 0 spiro atoms. The third kappa shape index (κ3) is 2.15. The van der Waals surface area contributed by atoms with Crippen molar-refractivity contribution < 1.29 is 14.3 Å². The van der Waals surface area contributed by atoms with Crippen molar-refractivity contribution >= 4 is 12.2 Å². The van der Waals surface area contributed by atoms with E-state index in [1.54, 1.807) is 12.2 Å². The summed E-state index contributed by atoms with van der Waals surface area (Å²) in [4.78, 5) is 23.3. The molecule has 0 radical (unpaired) electrons. The van der Waals surface area contributed by atoms with Crippen LogP contribution in [0.5, 0.6) is 0 Å². The summed E-state index contributed by atoms with van der Waals surface area (Å²) in [6, 6.07) is 0. The van der Waals surface area contributed by atoms with Gasteiger partial charge in [0.1, 0.15) is 0 Å². The quantitative estimate of drug-likeness (QED) is 0.384. The lowest BCUT2D eigenvalue weighted by molar-refractivity contribution is -0.152. The van der Waals surface area contributed by atoms with Gasteiger partial charge >= 0.3 is 0 Å². The third-order valence-electron chi connectivity index (χ3n) is 2.47. The lowest BCUT2D eigenvalue weighted by atomic mass is 10.0. The van der Waals surface area contributed by atoms with Gasteiger partial charge in [0.15, 0.2) is 5.72 Å². The van der Waals surface area contributed by atoms with Crippen LogP contribution in [0.25, 0.3) is 0 Å². The van der Waals surface area contributed by atoms with Crippen LogP contribution in [0.15, 0.2) is 25.3 Å². The molecular formula is C11H15NO3. The zero-order chi connectivity index (χ0) is 11.3. The van der Waals surface area contributed by atoms with Crippen molar-refractivity contribution in [3.05, 3.63) is 25.3 Å². The summed E-state index contributed by atoms with van der Waals surface area (Å²) in [5, 5.41) is 0. The van der Waals surface area contributed by atoms with Crippen molar-refractivity contribution in [2.24, 2.45) is 0 Å². The Morgan fingerprint density at radius 1 is 1.40 bits per heavy atom. The van der Waals surface area contributed by atoms with E-state index in [2.05, 4.69) is 13.2 Å². The molecule has 0 unspecified atom stereocenters. The Morgan fingerprint density at radius 2 is 2.00 bits per heavy atom. The second-order valence-electron chi connectivity index (χ2n) is 3.39. The second kappa shape index (κ2) is 4.89. The third-order valence-corrected chi connectivity index (χ3v) is 2.47. The Morgan fingerprint density at radius 3 is 2.47 bits per heavy atom. The smallest absolute Gasteiger partial charge is 0.289 e. The number of amides is 1. The van der Waals surface area contributed by atoms with Crippen LogP contribution in [0.1, 0.15) is 12.8 Å². The molecule has 1 aliphatic heterocycles. The molecule has 0 N–H and O–H groups in total. The van der Waals surface area contributed by atoms with Gasteiger partial charge in [-0.1, -0.05) is 12.2 Å². The average molecular weight is 209 g/mol. The Labute approximate surface area is 89.2 Å². The Bertz CT molecular complexity index is 276. The highest BCUT2D eigenvalue weighted by molar-refractivity contribution is 6.23. The van der Waals surface area contributed by atoms with Crippen LogP contribution in [0.3, 0.4) is 0 Å². The zero-order valence-electron chi connectivity index (χ0n) is 8.65. The van der Waals surface area contributed by atoms with Crippen molar-refractivity contribution in [3.63, 3.8) is 0 Å². The lowest BCUT2D eigenvalue weighted by Crippen LogP contribution is -2.48. The number of ether oxygens (including phenoxy) is 1. The minimum Gasteiger partial charge on any atom is -0.353 e. The van der Waals surface area contributed by atoms with E-state index in [1.807, 2.05) is 0 Å². The summed E-state index contributed by atoms with van der Waals surface area (Å²) in [6.07, 6.45) is 4.67. The molecule has 0 aromatic heterocycles. The maximum atomic E-state index is 11.4. The minimum atomic E-state index is -0.749. The van der Waals surface area contributed by atoms with Gasteiger partial charge in [0.05, 0.1) is 6.61 Å². The van der Waals surface area contributed by atoms with Crippen molar-refractivity contribution in [1.29, 1.82) is 0 Å². The van der Waals surface area contributed by atoms with Crippen LogP contribution in [-0.4, -0.2) is 36.0 Å². The van der Waals surface area contributed by atoms with Crippen molar-refractivity contribution in [1.82, 2.24) is 4.90 Å². The van der Waals surface area contributed by atoms with Crippen LogP contribution in [0.2, 0.25) is 0 Å². The summed E-state index contributed by atoms with van der Waals surface area (Å²) in [5.74, 6) is -0.545. The van der Waals surface area contributed by atoms with E-state index < -0.39 is 11.6 Å². The molecule has 4 heteroatoms. The van der Waals surface area contributed by atoms with Gasteiger partial charge in [-0.3, -0.25) is 9.59 Å². The number of aldehydes is 1. The first-order valence-corrected chi connectivity index (χ1v) is 4.82. The first-order chi connectivity index (χ1) is 7.20. The highest BCUT2D eigenvalue weighted by Crippen LogP contribution is 2.31. The summed E-state index contributed by atoms with van der Waals surface area (Å²) in [6.45, 7) is 8.15. The van der Waals surface area contributed by atoms with Crippen LogP contribution in [0.4, 0.5) is 0 Å². The van der Waals surface area contributed by atoms with Gasteiger partial charge in [-0.25, -0.2) is 0 Å². The first kappa shape index (κ1) is 11.7. The molecule has 1 amide bonds. The molecule has 0 aromatic rings. The van der Waals surface area contributed by atoms with Crippen molar-refractivity contribution in [2.75, 3.05) is 13.2 Å². The minimum absolute atomic E-state index is 0.315. The standard InChI is InChI=1S/C11H15NO3/c1-3-5-11(6-4-2)12(7-8-15-11)10(14)9-13/h3-4,9H,1-2,5-8H2. The summed E-state index contributed by atoms with van der Waals surface area (Å²) >= 11 is 0. The molecule has 82 valence electrons. The van der Waals surface area contributed by atoms with E-state index >= 15 is 0 Å². The maximum Gasteiger partial charge on any atom is 0.289 e. The van der Waals surface area contributed by atoms with Crippen LogP contribution in [-0.2, 0) is 14.3 Å². The molecule has 1 fully saturated rings. The van der Waals surface area contributed by atoms with Crippen LogP contribution in [0, 0.1) is 0 Å². The van der Waals surface area contributed by atoms with Gasteiger partial charge < -0.3 is 9.64 Å². The predicted octanol–water partition coefficient (Wildman–Crippen LogP) is 0.893. The molecule has 4 nitrogen and oxygen atoms in total. The van der Waals surface area contributed by atoms with Gasteiger partial charge in [0.25, 0.3) is 5.91 Å². The van der Waals surface area contributed by atoms with E-state index in [4.69, 9.17) is 4.74 Å². The molecule has 0 atom stereocenters. The number of rotatable bonds is 5. The average Bonchev–Trinajstić information content (AvgIpc) is 2.62. The van der Waals surface area contributed by atoms with Gasteiger partial charge in [-0.15, -0.1) is 13.2 Å². The summed E-state index contributed by atoms with van der Waals surface area (Å²) in [7, 11) is 0.